The topological polar surface area (TPSA) is 0 Å². The van der Waals surface area contributed by atoms with Gasteiger partial charge in [-0.15, -0.1) is 6.58 Å². The van der Waals surface area contributed by atoms with E-state index in [9.17, 15) is 13.2 Å². The largest absolute Gasteiger partial charge is 0.389 e. The molecule has 0 aromatic carbocycles. The lowest BCUT2D eigenvalue weighted by Gasteiger charge is -2.04. The van der Waals surface area contributed by atoms with Gasteiger partial charge in [-0.05, 0) is 12.2 Å². The van der Waals surface area contributed by atoms with Crippen molar-refractivity contribution in [2.24, 2.45) is 0 Å². The maximum atomic E-state index is 11.5. The molecule has 0 saturated heterocycles. The summed E-state index contributed by atoms with van der Waals surface area (Å²) >= 11 is 1.31. The number of halogens is 3. The molecule has 0 amide bonds. The molecule has 0 aromatic heterocycles. The van der Waals surface area contributed by atoms with Gasteiger partial charge in [-0.25, -0.2) is 0 Å². The van der Waals surface area contributed by atoms with Crippen LogP contribution < -0.4 is 0 Å². The maximum Gasteiger partial charge on any atom is 0.389 e. The summed E-state index contributed by atoms with van der Waals surface area (Å²) in [4.78, 5) is 0. The fourth-order valence-corrected chi connectivity index (χ4v) is 1.37. The molecule has 0 aliphatic heterocycles. The Bertz CT molecular complexity index is 109. The third-order valence-electron chi connectivity index (χ3n) is 0.996. The van der Waals surface area contributed by atoms with Gasteiger partial charge < -0.3 is 0 Å². The highest BCUT2D eigenvalue weighted by molar-refractivity contribution is 7.99. The molecule has 66 valence electrons. The first kappa shape index (κ1) is 10.9. The van der Waals surface area contributed by atoms with E-state index in [1.54, 1.807) is 6.08 Å². The van der Waals surface area contributed by atoms with Crippen molar-refractivity contribution in [2.75, 3.05) is 11.5 Å². The zero-order valence-electron chi connectivity index (χ0n) is 6.16. The number of thioether (sulfide) groups is 1. The van der Waals surface area contributed by atoms with Gasteiger partial charge in [0.05, 0.1) is 6.42 Å². The molecular weight excluding hydrogens is 173 g/mol. The minimum Gasteiger partial charge on any atom is -0.171 e. The Hall–Kier alpha value is -0.120. The second kappa shape index (κ2) is 5.52. The summed E-state index contributed by atoms with van der Waals surface area (Å²) in [7, 11) is 0. The van der Waals surface area contributed by atoms with Gasteiger partial charge in [-0.2, -0.15) is 24.9 Å². The molecular formula is C7H11F3S. The molecule has 0 atom stereocenters. The molecule has 0 aromatic rings. The standard InChI is InChI=1S/C7H11F3S/c1-2-3-5-11-6-4-7(8,9)10/h2H,1,3-6H2. The molecule has 11 heavy (non-hydrogen) atoms. The first-order chi connectivity index (χ1) is 5.06. The lowest BCUT2D eigenvalue weighted by Crippen LogP contribution is -2.08. The van der Waals surface area contributed by atoms with Crippen LogP contribution in [0.25, 0.3) is 0 Å². The normalized spacial score (nSPS) is 11.5. The average Bonchev–Trinajstić information content (AvgIpc) is 1.85. The van der Waals surface area contributed by atoms with Gasteiger partial charge in [0, 0.05) is 5.75 Å². The van der Waals surface area contributed by atoms with E-state index in [4.69, 9.17) is 0 Å². The van der Waals surface area contributed by atoms with E-state index in [1.165, 1.54) is 11.8 Å². The SMILES string of the molecule is C=CCCSCCC(F)(F)F. The Labute approximate surface area is 68.9 Å². The van der Waals surface area contributed by atoms with E-state index in [1.807, 2.05) is 0 Å². The fourth-order valence-electron chi connectivity index (χ4n) is 0.457. The van der Waals surface area contributed by atoms with Crippen LogP contribution in [0.2, 0.25) is 0 Å². The maximum absolute atomic E-state index is 11.5. The summed E-state index contributed by atoms with van der Waals surface area (Å²) in [6, 6.07) is 0. The van der Waals surface area contributed by atoms with E-state index >= 15 is 0 Å². The Morgan fingerprint density at radius 3 is 2.36 bits per heavy atom. The van der Waals surface area contributed by atoms with Gasteiger partial charge in [0.25, 0.3) is 0 Å². The Morgan fingerprint density at radius 1 is 1.27 bits per heavy atom. The van der Waals surface area contributed by atoms with E-state index in [0.29, 0.717) is 0 Å². The summed E-state index contributed by atoms with van der Waals surface area (Å²) < 4.78 is 34.6. The van der Waals surface area contributed by atoms with Crippen molar-refractivity contribution in [3.05, 3.63) is 12.7 Å². The van der Waals surface area contributed by atoms with Crippen molar-refractivity contribution in [1.82, 2.24) is 0 Å². The van der Waals surface area contributed by atoms with Crippen LogP contribution >= 0.6 is 11.8 Å². The van der Waals surface area contributed by atoms with E-state index in [2.05, 4.69) is 6.58 Å². The summed E-state index contributed by atoms with van der Waals surface area (Å²) in [6.45, 7) is 3.47. The van der Waals surface area contributed by atoms with Gasteiger partial charge >= 0.3 is 6.18 Å². The third kappa shape index (κ3) is 9.88. The average molecular weight is 184 g/mol. The zero-order valence-corrected chi connectivity index (χ0v) is 6.97. The molecule has 0 N–H and O–H groups in total. The van der Waals surface area contributed by atoms with Crippen LogP contribution in [0.15, 0.2) is 12.7 Å². The smallest absolute Gasteiger partial charge is 0.171 e. The first-order valence-electron chi connectivity index (χ1n) is 3.31. The highest BCUT2D eigenvalue weighted by atomic mass is 32.2. The quantitative estimate of drug-likeness (QED) is 0.467. The van der Waals surface area contributed by atoms with E-state index in [0.717, 1.165) is 12.2 Å². The predicted molar refractivity (Wildman–Crippen MR) is 42.8 cm³/mol. The van der Waals surface area contributed by atoms with Crippen molar-refractivity contribution in [3.63, 3.8) is 0 Å². The lowest BCUT2D eigenvalue weighted by atomic mass is 10.5. The minimum atomic E-state index is -4.00. The van der Waals surface area contributed by atoms with Crippen LogP contribution in [0, 0.1) is 0 Å². The highest BCUT2D eigenvalue weighted by Crippen LogP contribution is 2.22. The second-order valence-corrected chi connectivity index (χ2v) is 3.28. The van der Waals surface area contributed by atoms with Gasteiger partial charge in [-0.3, -0.25) is 0 Å². The van der Waals surface area contributed by atoms with Crippen LogP contribution in [0.5, 0.6) is 0 Å². The summed E-state index contributed by atoms with van der Waals surface area (Å²) in [5.74, 6) is 0.900. The van der Waals surface area contributed by atoms with Crippen molar-refractivity contribution < 1.29 is 13.2 Å². The number of hydrogen-bond acceptors (Lipinski definition) is 1. The van der Waals surface area contributed by atoms with Gasteiger partial charge in [0.2, 0.25) is 0 Å². The van der Waals surface area contributed by atoms with Crippen molar-refractivity contribution in [3.8, 4) is 0 Å². The molecule has 0 fully saturated rings. The van der Waals surface area contributed by atoms with Crippen LogP contribution in [0.4, 0.5) is 13.2 Å². The molecule has 0 nitrogen and oxygen atoms in total. The number of allylic oxidation sites excluding steroid dienone is 1. The van der Waals surface area contributed by atoms with Gasteiger partial charge in [0.15, 0.2) is 0 Å². The molecule has 0 aliphatic rings. The molecule has 0 radical (unpaired) electrons. The van der Waals surface area contributed by atoms with E-state index < -0.39 is 12.6 Å². The number of alkyl halides is 3. The lowest BCUT2D eigenvalue weighted by molar-refractivity contribution is -0.129. The Balaban J connectivity index is 3.08. The molecule has 0 rings (SSSR count). The Morgan fingerprint density at radius 2 is 1.91 bits per heavy atom. The molecule has 0 bridgehead atoms. The van der Waals surface area contributed by atoms with Gasteiger partial charge in [-0.1, -0.05) is 6.08 Å². The fraction of sp³-hybridized carbons (Fsp3) is 0.714. The zero-order chi connectivity index (χ0) is 8.74. The molecule has 0 aliphatic carbocycles. The van der Waals surface area contributed by atoms with Crippen LogP contribution in [0.3, 0.4) is 0 Å². The monoisotopic (exact) mass is 184 g/mol. The van der Waals surface area contributed by atoms with Crippen molar-refractivity contribution in [1.29, 1.82) is 0 Å². The van der Waals surface area contributed by atoms with Crippen molar-refractivity contribution in [2.45, 2.75) is 19.0 Å². The molecule has 4 heteroatoms. The number of hydrogen-bond donors (Lipinski definition) is 0. The summed E-state index contributed by atoms with van der Waals surface area (Å²) in [6.07, 6.45) is -2.20. The van der Waals surface area contributed by atoms with Crippen molar-refractivity contribution >= 4 is 11.8 Å². The molecule has 0 spiro atoms. The van der Waals surface area contributed by atoms with Crippen LogP contribution in [0.1, 0.15) is 12.8 Å². The molecule has 0 heterocycles. The Kier molecular flexibility index (Phi) is 5.46. The molecule has 0 unspecified atom stereocenters. The first-order valence-corrected chi connectivity index (χ1v) is 4.47. The third-order valence-corrected chi connectivity index (χ3v) is 2.01. The molecule has 0 saturated carbocycles. The second-order valence-electron chi connectivity index (χ2n) is 2.05. The predicted octanol–water partition coefficient (Wildman–Crippen LogP) is 3.25. The summed E-state index contributed by atoms with van der Waals surface area (Å²) in [5, 5.41) is 0. The summed E-state index contributed by atoms with van der Waals surface area (Å²) in [5.41, 5.74) is 0. The van der Waals surface area contributed by atoms with Gasteiger partial charge in [0.1, 0.15) is 0 Å². The minimum absolute atomic E-state index is 0.164. The highest BCUT2D eigenvalue weighted by Gasteiger charge is 2.25. The number of rotatable bonds is 5. The van der Waals surface area contributed by atoms with Crippen LogP contribution in [-0.4, -0.2) is 17.7 Å². The van der Waals surface area contributed by atoms with Crippen LogP contribution in [-0.2, 0) is 0 Å². The van der Waals surface area contributed by atoms with E-state index in [-0.39, 0.29) is 5.75 Å².